The highest BCUT2D eigenvalue weighted by molar-refractivity contribution is 5.85. The van der Waals surface area contributed by atoms with Gasteiger partial charge in [0.25, 0.3) is 0 Å². The fraction of sp³-hybridized carbons (Fsp3) is 0.786. The molecule has 1 aliphatic rings. The molecule has 5 heteroatoms. The van der Waals surface area contributed by atoms with E-state index in [9.17, 15) is 14.7 Å². The first-order chi connectivity index (χ1) is 9.01. The molecule has 1 N–H and O–H groups in total. The molecule has 1 amide bonds. The molecule has 1 saturated carbocycles. The molecule has 3 atom stereocenters. The summed E-state index contributed by atoms with van der Waals surface area (Å²) in [5.74, 6) is -2.18. The summed E-state index contributed by atoms with van der Waals surface area (Å²) in [6.45, 7) is 4.54. The Morgan fingerprint density at radius 1 is 1.37 bits per heavy atom. The van der Waals surface area contributed by atoms with E-state index in [1.165, 1.54) is 0 Å². The van der Waals surface area contributed by atoms with Gasteiger partial charge in [-0.1, -0.05) is 12.8 Å². The molecule has 0 bridgehead atoms. The normalized spacial score (nSPS) is 24.3. The van der Waals surface area contributed by atoms with Crippen molar-refractivity contribution in [1.82, 2.24) is 4.90 Å². The molecule has 0 aromatic rings. The number of rotatable bonds is 5. The molecule has 0 heterocycles. The van der Waals surface area contributed by atoms with Gasteiger partial charge in [-0.05, 0) is 26.7 Å². The first-order valence-electron chi connectivity index (χ1n) is 6.92. The summed E-state index contributed by atoms with van der Waals surface area (Å²) in [6.07, 6.45) is 3.01. The molecule has 19 heavy (non-hydrogen) atoms. The number of carbonyl (C=O) groups excluding carboxylic acids is 1. The molecule has 0 aromatic heterocycles. The molecule has 1 rings (SSSR count). The zero-order chi connectivity index (χ0) is 14.4. The number of hydrogen-bond acceptors (Lipinski definition) is 3. The summed E-state index contributed by atoms with van der Waals surface area (Å²) in [5.41, 5.74) is 0. The van der Waals surface area contributed by atoms with Crippen LogP contribution < -0.4 is 0 Å². The maximum Gasteiger partial charge on any atom is 0.307 e. The monoisotopic (exact) mass is 266 g/mol. The molecule has 1 unspecified atom stereocenters. The van der Waals surface area contributed by atoms with Crippen LogP contribution in [0.4, 0.5) is 0 Å². The highest BCUT2D eigenvalue weighted by Gasteiger charge is 2.37. The second-order valence-electron chi connectivity index (χ2n) is 5.24. The number of nitrogens with zero attached hydrogens (tertiary/aromatic N) is 2. The maximum atomic E-state index is 12.4. The largest absolute Gasteiger partial charge is 0.481 e. The number of nitriles is 1. The molecule has 0 aliphatic heterocycles. The van der Waals surface area contributed by atoms with Gasteiger partial charge in [-0.2, -0.15) is 5.26 Å². The Bertz CT molecular complexity index is 375. The summed E-state index contributed by atoms with van der Waals surface area (Å²) >= 11 is 0. The zero-order valence-electron chi connectivity index (χ0n) is 11.6. The average Bonchev–Trinajstić information content (AvgIpc) is 2.43. The third-order valence-corrected chi connectivity index (χ3v) is 3.81. The molecule has 0 saturated heterocycles. The van der Waals surface area contributed by atoms with Crippen LogP contribution in [0.25, 0.3) is 0 Å². The van der Waals surface area contributed by atoms with Crippen LogP contribution in [0.3, 0.4) is 0 Å². The van der Waals surface area contributed by atoms with Gasteiger partial charge in [0, 0.05) is 13.1 Å². The Balaban J connectivity index is 2.77. The molecular weight excluding hydrogens is 244 g/mol. The summed E-state index contributed by atoms with van der Waals surface area (Å²) in [5, 5.41) is 18.0. The first kappa shape index (κ1) is 15.5. The lowest BCUT2D eigenvalue weighted by Crippen LogP contribution is -2.43. The summed E-state index contributed by atoms with van der Waals surface area (Å²) in [6, 6.07) is 2.11. The fourth-order valence-corrected chi connectivity index (χ4v) is 2.70. The molecule has 1 fully saturated rings. The number of carbonyl (C=O) groups is 2. The third kappa shape index (κ3) is 3.95. The molecular formula is C14H22N2O3. The Morgan fingerprint density at radius 3 is 2.42 bits per heavy atom. The lowest BCUT2D eigenvalue weighted by molar-refractivity contribution is -0.152. The van der Waals surface area contributed by atoms with Crippen LogP contribution in [0.5, 0.6) is 0 Å². The van der Waals surface area contributed by atoms with Gasteiger partial charge in [0.05, 0.1) is 23.8 Å². The Morgan fingerprint density at radius 2 is 1.95 bits per heavy atom. The SMILES string of the molecule is CCN(CC(C)C#N)C(=O)[C@@H]1CCCC[C@@H]1C(=O)O. The van der Waals surface area contributed by atoms with E-state index >= 15 is 0 Å². The van der Waals surface area contributed by atoms with E-state index in [4.69, 9.17) is 5.26 Å². The van der Waals surface area contributed by atoms with Crippen LogP contribution in [0.2, 0.25) is 0 Å². The molecule has 0 spiro atoms. The molecule has 1 aliphatic carbocycles. The van der Waals surface area contributed by atoms with Crippen molar-refractivity contribution in [3.05, 3.63) is 0 Å². The topological polar surface area (TPSA) is 81.4 Å². The third-order valence-electron chi connectivity index (χ3n) is 3.81. The van der Waals surface area contributed by atoms with Crippen molar-refractivity contribution in [2.24, 2.45) is 17.8 Å². The van der Waals surface area contributed by atoms with Crippen LogP contribution in [0.1, 0.15) is 39.5 Å². The van der Waals surface area contributed by atoms with E-state index in [1.807, 2.05) is 6.92 Å². The van der Waals surface area contributed by atoms with Crippen LogP contribution in [0.15, 0.2) is 0 Å². The Kier molecular flexibility index (Phi) is 5.81. The van der Waals surface area contributed by atoms with E-state index in [2.05, 4.69) is 6.07 Å². The van der Waals surface area contributed by atoms with Crippen molar-refractivity contribution in [1.29, 1.82) is 5.26 Å². The minimum absolute atomic E-state index is 0.100. The van der Waals surface area contributed by atoms with Gasteiger partial charge in [0.1, 0.15) is 0 Å². The molecule has 0 radical (unpaired) electrons. The van der Waals surface area contributed by atoms with Crippen molar-refractivity contribution < 1.29 is 14.7 Å². The lowest BCUT2D eigenvalue weighted by atomic mass is 9.78. The standard InChI is InChI=1S/C14H22N2O3/c1-3-16(9-10(2)8-15)13(17)11-6-4-5-7-12(11)14(18)19/h10-12H,3-7,9H2,1-2H3,(H,18,19)/t10?,11-,12+/m1/s1. The molecule has 5 nitrogen and oxygen atoms in total. The lowest BCUT2D eigenvalue weighted by Gasteiger charge is -2.32. The summed E-state index contributed by atoms with van der Waals surface area (Å²) < 4.78 is 0. The van der Waals surface area contributed by atoms with E-state index in [-0.39, 0.29) is 11.8 Å². The highest BCUT2D eigenvalue weighted by Crippen LogP contribution is 2.31. The highest BCUT2D eigenvalue weighted by atomic mass is 16.4. The minimum atomic E-state index is -0.873. The average molecular weight is 266 g/mol. The summed E-state index contributed by atoms with van der Waals surface area (Å²) in [4.78, 5) is 25.3. The van der Waals surface area contributed by atoms with Gasteiger partial charge in [-0.15, -0.1) is 0 Å². The van der Waals surface area contributed by atoms with Gasteiger partial charge in [0.2, 0.25) is 5.91 Å². The van der Waals surface area contributed by atoms with Gasteiger partial charge in [-0.3, -0.25) is 9.59 Å². The van der Waals surface area contributed by atoms with Crippen molar-refractivity contribution in [2.75, 3.05) is 13.1 Å². The van der Waals surface area contributed by atoms with Gasteiger partial charge >= 0.3 is 5.97 Å². The summed E-state index contributed by atoms with van der Waals surface area (Å²) in [7, 11) is 0. The second-order valence-corrected chi connectivity index (χ2v) is 5.24. The van der Waals surface area contributed by atoms with E-state index in [0.717, 1.165) is 12.8 Å². The molecule has 0 aromatic carbocycles. The van der Waals surface area contributed by atoms with Crippen molar-refractivity contribution in [3.63, 3.8) is 0 Å². The van der Waals surface area contributed by atoms with Crippen LogP contribution in [0, 0.1) is 29.1 Å². The minimum Gasteiger partial charge on any atom is -0.481 e. The number of carboxylic acid groups (broad SMARTS) is 1. The number of carboxylic acids is 1. The van der Waals surface area contributed by atoms with Gasteiger partial charge < -0.3 is 10.0 Å². The van der Waals surface area contributed by atoms with E-state index in [0.29, 0.717) is 25.9 Å². The predicted octanol–water partition coefficient (Wildman–Crippen LogP) is 1.89. The van der Waals surface area contributed by atoms with Crippen LogP contribution in [-0.2, 0) is 9.59 Å². The Hall–Kier alpha value is -1.57. The van der Waals surface area contributed by atoms with Gasteiger partial charge in [-0.25, -0.2) is 0 Å². The second kappa shape index (κ2) is 7.13. The number of hydrogen-bond donors (Lipinski definition) is 1. The Labute approximate surface area is 114 Å². The first-order valence-corrected chi connectivity index (χ1v) is 6.92. The van der Waals surface area contributed by atoms with Crippen molar-refractivity contribution in [3.8, 4) is 6.07 Å². The van der Waals surface area contributed by atoms with Crippen LogP contribution >= 0.6 is 0 Å². The maximum absolute atomic E-state index is 12.4. The fourth-order valence-electron chi connectivity index (χ4n) is 2.70. The zero-order valence-corrected chi connectivity index (χ0v) is 11.6. The quantitative estimate of drug-likeness (QED) is 0.823. The van der Waals surface area contributed by atoms with E-state index in [1.54, 1.807) is 11.8 Å². The number of amides is 1. The van der Waals surface area contributed by atoms with Crippen LogP contribution in [-0.4, -0.2) is 35.0 Å². The smallest absolute Gasteiger partial charge is 0.307 e. The number of aliphatic carboxylic acids is 1. The van der Waals surface area contributed by atoms with E-state index < -0.39 is 17.8 Å². The van der Waals surface area contributed by atoms with Crippen molar-refractivity contribution in [2.45, 2.75) is 39.5 Å². The van der Waals surface area contributed by atoms with Gasteiger partial charge in [0.15, 0.2) is 0 Å². The molecule has 106 valence electrons. The van der Waals surface area contributed by atoms with Crippen molar-refractivity contribution >= 4 is 11.9 Å². The predicted molar refractivity (Wildman–Crippen MR) is 70.1 cm³/mol.